The molecule has 5 nitrogen and oxygen atoms in total. The van der Waals surface area contributed by atoms with Crippen LogP contribution in [0.3, 0.4) is 0 Å². The van der Waals surface area contributed by atoms with Gasteiger partial charge < -0.3 is 14.8 Å². The maximum absolute atomic E-state index is 14.9. The average molecular weight is 430 g/mol. The van der Waals surface area contributed by atoms with E-state index in [9.17, 15) is 4.39 Å². The van der Waals surface area contributed by atoms with Crippen LogP contribution in [-0.2, 0) is 0 Å². The van der Waals surface area contributed by atoms with Crippen LogP contribution in [0.1, 0.15) is 29.0 Å². The number of aryl methyl sites for hydroxylation is 1. The summed E-state index contributed by atoms with van der Waals surface area (Å²) in [4.78, 5) is 11.0. The number of halogens is 1. The summed E-state index contributed by atoms with van der Waals surface area (Å²) >= 11 is 5.68. The van der Waals surface area contributed by atoms with Gasteiger partial charge in [0.05, 0.1) is 17.4 Å². The van der Waals surface area contributed by atoms with Gasteiger partial charge in [0.1, 0.15) is 17.7 Å². The zero-order chi connectivity index (χ0) is 21.4. The Labute approximate surface area is 185 Å². The highest BCUT2D eigenvalue weighted by molar-refractivity contribution is 7.80. The SMILES string of the molecule is Cc1ccc(-n2cccc2[C@@H]2[C@H](c3ccccn3)NC(=S)N2c2ccccc2F)nc1. The Balaban J connectivity index is 1.68. The predicted molar refractivity (Wildman–Crippen MR) is 123 cm³/mol. The van der Waals surface area contributed by atoms with Crippen LogP contribution < -0.4 is 10.2 Å². The summed E-state index contributed by atoms with van der Waals surface area (Å²) in [5.74, 6) is 0.460. The van der Waals surface area contributed by atoms with Crippen molar-refractivity contribution < 1.29 is 4.39 Å². The molecule has 4 aromatic rings. The number of benzene rings is 1. The van der Waals surface area contributed by atoms with Crippen molar-refractivity contribution in [3.05, 3.63) is 108 Å². The number of nitrogens with one attached hydrogen (secondary N) is 1. The molecule has 1 fully saturated rings. The highest BCUT2D eigenvalue weighted by atomic mass is 32.1. The number of rotatable bonds is 4. The van der Waals surface area contributed by atoms with Crippen LogP contribution in [-0.4, -0.2) is 19.6 Å². The molecule has 1 aliphatic heterocycles. The Kier molecular flexibility index (Phi) is 4.95. The van der Waals surface area contributed by atoms with E-state index in [4.69, 9.17) is 12.2 Å². The number of hydrogen-bond acceptors (Lipinski definition) is 3. The van der Waals surface area contributed by atoms with E-state index in [1.54, 1.807) is 18.3 Å². The van der Waals surface area contributed by atoms with Crippen molar-refractivity contribution in [3.63, 3.8) is 0 Å². The number of aromatic nitrogens is 3. The van der Waals surface area contributed by atoms with E-state index in [-0.39, 0.29) is 17.9 Å². The first kappa shape index (κ1) is 19.4. The van der Waals surface area contributed by atoms with Gasteiger partial charge in [-0.15, -0.1) is 0 Å². The standard InChI is InChI=1S/C24H20FN5S/c1-16-11-12-21(27-15-16)29-14-6-10-20(29)23-22(18-8-4-5-13-26-18)28-24(31)30(23)19-9-3-2-7-17(19)25/h2-15,22-23H,1H3,(H,28,31)/t22-,23+/m0/s1. The molecule has 1 aromatic carbocycles. The molecular formula is C24H20FN5S. The van der Waals surface area contributed by atoms with Gasteiger partial charge in [-0.05, 0) is 67.2 Å². The Morgan fingerprint density at radius 3 is 2.55 bits per heavy atom. The fraction of sp³-hybridized carbons (Fsp3) is 0.125. The molecule has 154 valence electrons. The molecule has 0 unspecified atom stereocenters. The van der Waals surface area contributed by atoms with Gasteiger partial charge >= 0.3 is 0 Å². The van der Waals surface area contributed by atoms with E-state index < -0.39 is 0 Å². The van der Waals surface area contributed by atoms with Crippen molar-refractivity contribution in [3.8, 4) is 5.82 Å². The summed E-state index contributed by atoms with van der Waals surface area (Å²) in [5.41, 5.74) is 3.27. The Bertz CT molecular complexity index is 1220. The van der Waals surface area contributed by atoms with Crippen LogP contribution in [0.25, 0.3) is 5.82 Å². The van der Waals surface area contributed by atoms with Gasteiger partial charge in [-0.3, -0.25) is 4.98 Å². The highest BCUT2D eigenvalue weighted by Crippen LogP contribution is 2.42. The minimum absolute atomic E-state index is 0.257. The second-order valence-corrected chi connectivity index (χ2v) is 7.83. The Hall–Kier alpha value is -3.58. The number of hydrogen-bond donors (Lipinski definition) is 1. The summed E-state index contributed by atoms with van der Waals surface area (Å²) < 4.78 is 16.9. The van der Waals surface area contributed by atoms with Gasteiger partial charge in [0, 0.05) is 24.3 Å². The first-order valence-electron chi connectivity index (χ1n) is 9.99. The molecule has 31 heavy (non-hydrogen) atoms. The van der Waals surface area contributed by atoms with Crippen molar-refractivity contribution in [2.24, 2.45) is 0 Å². The second kappa shape index (κ2) is 7.92. The van der Waals surface area contributed by atoms with Crippen LogP contribution in [0.4, 0.5) is 10.1 Å². The Morgan fingerprint density at radius 2 is 1.81 bits per heavy atom. The fourth-order valence-electron chi connectivity index (χ4n) is 4.01. The van der Waals surface area contributed by atoms with Crippen LogP contribution >= 0.6 is 12.2 Å². The maximum Gasteiger partial charge on any atom is 0.174 e. The lowest BCUT2D eigenvalue weighted by Crippen LogP contribution is -2.31. The molecule has 7 heteroatoms. The summed E-state index contributed by atoms with van der Waals surface area (Å²) in [5, 5.41) is 3.82. The second-order valence-electron chi connectivity index (χ2n) is 7.44. The molecule has 1 aliphatic rings. The molecule has 2 atom stereocenters. The smallest absolute Gasteiger partial charge is 0.174 e. The van der Waals surface area contributed by atoms with Crippen LogP contribution in [0.15, 0.2) is 85.3 Å². The van der Waals surface area contributed by atoms with E-state index in [1.807, 2.05) is 77.3 Å². The topological polar surface area (TPSA) is 46.0 Å². The molecule has 1 N–H and O–H groups in total. The monoisotopic (exact) mass is 429 g/mol. The van der Waals surface area contributed by atoms with Gasteiger partial charge in [0.2, 0.25) is 0 Å². The third kappa shape index (κ3) is 3.47. The molecule has 5 rings (SSSR count). The summed E-state index contributed by atoms with van der Waals surface area (Å²) in [6.07, 6.45) is 5.55. The predicted octanol–water partition coefficient (Wildman–Crippen LogP) is 4.89. The molecule has 3 aromatic heterocycles. The molecule has 1 saturated heterocycles. The van der Waals surface area contributed by atoms with Crippen LogP contribution in [0.2, 0.25) is 0 Å². The van der Waals surface area contributed by atoms with Crippen LogP contribution in [0, 0.1) is 12.7 Å². The number of pyridine rings is 2. The number of anilines is 1. The molecular weight excluding hydrogens is 409 g/mol. The third-order valence-corrected chi connectivity index (χ3v) is 5.75. The number of thiocarbonyl (C=S) groups is 1. The van der Waals surface area contributed by atoms with Gasteiger partial charge in [-0.25, -0.2) is 9.37 Å². The van der Waals surface area contributed by atoms with Crippen molar-refractivity contribution in [2.45, 2.75) is 19.0 Å². The highest BCUT2D eigenvalue weighted by Gasteiger charge is 2.43. The Morgan fingerprint density at radius 1 is 0.968 bits per heavy atom. The first-order chi connectivity index (χ1) is 15.1. The lowest BCUT2D eigenvalue weighted by molar-refractivity contribution is 0.541. The molecule has 4 heterocycles. The van der Waals surface area contributed by atoms with E-state index in [2.05, 4.69) is 15.3 Å². The van der Waals surface area contributed by atoms with E-state index in [0.717, 1.165) is 22.8 Å². The normalized spacial score (nSPS) is 18.3. The summed E-state index contributed by atoms with van der Waals surface area (Å²) in [6.45, 7) is 2.00. The van der Waals surface area contributed by atoms with E-state index in [0.29, 0.717) is 10.8 Å². The first-order valence-corrected chi connectivity index (χ1v) is 10.4. The fourth-order valence-corrected chi connectivity index (χ4v) is 4.35. The van der Waals surface area contributed by atoms with Crippen molar-refractivity contribution in [1.82, 2.24) is 19.9 Å². The summed E-state index contributed by atoms with van der Waals surface area (Å²) in [7, 11) is 0. The van der Waals surface area contributed by atoms with Gasteiger partial charge in [-0.2, -0.15) is 0 Å². The lowest BCUT2D eigenvalue weighted by Gasteiger charge is -2.29. The molecule has 0 bridgehead atoms. The van der Waals surface area contributed by atoms with Gasteiger partial charge in [0.15, 0.2) is 5.11 Å². The minimum atomic E-state index is -0.329. The molecule has 0 saturated carbocycles. The number of para-hydroxylation sites is 1. The van der Waals surface area contributed by atoms with Crippen molar-refractivity contribution in [1.29, 1.82) is 0 Å². The minimum Gasteiger partial charge on any atom is -0.351 e. The zero-order valence-electron chi connectivity index (χ0n) is 16.8. The molecule has 0 aliphatic carbocycles. The van der Waals surface area contributed by atoms with Crippen molar-refractivity contribution in [2.75, 3.05) is 4.90 Å². The zero-order valence-corrected chi connectivity index (χ0v) is 17.6. The van der Waals surface area contributed by atoms with Crippen LogP contribution in [0.5, 0.6) is 0 Å². The molecule has 0 radical (unpaired) electrons. The van der Waals surface area contributed by atoms with Crippen molar-refractivity contribution >= 4 is 23.0 Å². The lowest BCUT2D eigenvalue weighted by atomic mass is 10.0. The van der Waals surface area contributed by atoms with E-state index >= 15 is 0 Å². The third-order valence-electron chi connectivity index (χ3n) is 5.44. The molecule has 0 amide bonds. The van der Waals surface area contributed by atoms with Gasteiger partial charge in [-0.1, -0.05) is 24.3 Å². The summed E-state index contributed by atoms with van der Waals surface area (Å²) in [6, 6.07) is 19.9. The van der Waals surface area contributed by atoms with E-state index in [1.165, 1.54) is 6.07 Å². The number of nitrogens with zero attached hydrogens (tertiary/aromatic N) is 4. The quantitative estimate of drug-likeness (QED) is 0.468. The molecule has 0 spiro atoms. The maximum atomic E-state index is 14.9. The van der Waals surface area contributed by atoms with Gasteiger partial charge in [0.25, 0.3) is 0 Å². The largest absolute Gasteiger partial charge is 0.351 e. The average Bonchev–Trinajstić information content (AvgIpc) is 3.40.